The SMILES string of the molecule is C1CCC2(CC1)CCC(CNC1=NCCCN1)O2. The first-order valence-electron chi connectivity index (χ1n) is 7.56. The van der Waals surface area contributed by atoms with Crippen LogP contribution >= 0.6 is 0 Å². The van der Waals surface area contributed by atoms with Crippen molar-refractivity contribution in [3.63, 3.8) is 0 Å². The quantitative estimate of drug-likeness (QED) is 0.787. The van der Waals surface area contributed by atoms with Crippen molar-refractivity contribution < 1.29 is 4.74 Å². The Balaban J connectivity index is 1.45. The van der Waals surface area contributed by atoms with Crippen molar-refractivity contribution >= 4 is 5.96 Å². The van der Waals surface area contributed by atoms with Crippen molar-refractivity contribution in [3.8, 4) is 0 Å². The van der Waals surface area contributed by atoms with Gasteiger partial charge >= 0.3 is 0 Å². The molecule has 2 N–H and O–H groups in total. The first-order chi connectivity index (χ1) is 8.86. The number of aliphatic imine (C=N–C) groups is 1. The van der Waals surface area contributed by atoms with Gasteiger partial charge in [0.2, 0.25) is 0 Å². The lowest BCUT2D eigenvalue weighted by Crippen LogP contribution is -2.44. The van der Waals surface area contributed by atoms with Crippen LogP contribution < -0.4 is 10.6 Å². The van der Waals surface area contributed by atoms with E-state index in [1.807, 2.05) is 0 Å². The molecule has 1 aliphatic carbocycles. The van der Waals surface area contributed by atoms with E-state index in [9.17, 15) is 0 Å². The minimum absolute atomic E-state index is 0.242. The Hall–Kier alpha value is -0.770. The average molecular weight is 251 g/mol. The second kappa shape index (κ2) is 5.47. The minimum atomic E-state index is 0.242. The van der Waals surface area contributed by atoms with E-state index in [0.29, 0.717) is 6.10 Å². The van der Waals surface area contributed by atoms with Crippen molar-refractivity contribution in [1.82, 2.24) is 10.6 Å². The lowest BCUT2D eigenvalue weighted by Gasteiger charge is -2.33. The lowest BCUT2D eigenvalue weighted by molar-refractivity contribution is -0.0612. The standard InChI is InChI=1S/C14H25N3O/c1-2-6-14(7-3-1)8-5-12(18-14)11-17-13-15-9-4-10-16-13/h12H,1-11H2,(H2,15,16,17). The fourth-order valence-corrected chi connectivity index (χ4v) is 3.46. The maximum atomic E-state index is 6.34. The molecule has 0 bridgehead atoms. The molecule has 1 saturated heterocycles. The van der Waals surface area contributed by atoms with E-state index < -0.39 is 0 Å². The number of nitrogens with one attached hydrogen (secondary N) is 2. The Morgan fingerprint density at radius 2 is 2.11 bits per heavy atom. The molecule has 4 nitrogen and oxygen atoms in total. The molecule has 0 radical (unpaired) electrons. The molecule has 3 rings (SSSR count). The molecule has 102 valence electrons. The molecular formula is C14H25N3O. The van der Waals surface area contributed by atoms with Gasteiger partial charge in [0.05, 0.1) is 11.7 Å². The molecule has 4 heteroatoms. The molecule has 2 aliphatic heterocycles. The molecule has 0 aromatic carbocycles. The van der Waals surface area contributed by atoms with E-state index in [2.05, 4.69) is 15.6 Å². The lowest BCUT2D eigenvalue weighted by atomic mass is 9.83. The average Bonchev–Trinajstić information content (AvgIpc) is 2.82. The summed E-state index contributed by atoms with van der Waals surface area (Å²) in [6.07, 6.45) is 10.7. The van der Waals surface area contributed by atoms with E-state index in [4.69, 9.17) is 4.74 Å². The summed E-state index contributed by atoms with van der Waals surface area (Å²) in [5.41, 5.74) is 0.242. The summed E-state index contributed by atoms with van der Waals surface area (Å²) >= 11 is 0. The van der Waals surface area contributed by atoms with Gasteiger partial charge in [-0.2, -0.15) is 0 Å². The molecule has 0 aromatic heterocycles. The van der Waals surface area contributed by atoms with Gasteiger partial charge in [-0.1, -0.05) is 19.3 Å². The minimum Gasteiger partial charge on any atom is -0.370 e. The molecular weight excluding hydrogens is 226 g/mol. The third-order valence-electron chi connectivity index (χ3n) is 4.50. The molecule has 1 atom stereocenters. The number of ether oxygens (including phenoxy) is 1. The van der Waals surface area contributed by atoms with Crippen LogP contribution in [-0.2, 0) is 4.74 Å². The molecule has 0 aromatic rings. The van der Waals surface area contributed by atoms with Crippen molar-refractivity contribution in [1.29, 1.82) is 0 Å². The topological polar surface area (TPSA) is 45.7 Å². The number of rotatable bonds is 2. The summed E-state index contributed by atoms with van der Waals surface area (Å²) in [4.78, 5) is 4.43. The summed E-state index contributed by atoms with van der Waals surface area (Å²) in [5.74, 6) is 0.967. The smallest absolute Gasteiger partial charge is 0.191 e. The van der Waals surface area contributed by atoms with Crippen molar-refractivity contribution in [2.45, 2.75) is 63.1 Å². The highest BCUT2D eigenvalue weighted by Crippen LogP contribution is 2.41. The molecule has 18 heavy (non-hydrogen) atoms. The number of nitrogens with zero attached hydrogens (tertiary/aromatic N) is 1. The zero-order valence-electron chi connectivity index (χ0n) is 11.2. The third kappa shape index (κ3) is 2.79. The normalized spacial score (nSPS) is 30.9. The fraction of sp³-hybridized carbons (Fsp3) is 0.929. The van der Waals surface area contributed by atoms with Gasteiger partial charge in [0, 0.05) is 19.6 Å². The highest BCUT2D eigenvalue weighted by molar-refractivity contribution is 5.80. The molecule has 1 unspecified atom stereocenters. The van der Waals surface area contributed by atoms with Gasteiger partial charge in [-0.05, 0) is 32.1 Å². The van der Waals surface area contributed by atoms with E-state index in [0.717, 1.165) is 32.0 Å². The zero-order valence-corrected chi connectivity index (χ0v) is 11.2. The first-order valence-corrected chi connectivity index (χ1v) is 7.56. The summed E-state index contributed by atoms with van der Waals surface area (Å²) in [5, 5.41) is 6.70. The van der Waals surface area contributed by atoms with Crippen molar-refractivity contribution in [2.24, 2.45) is 4.99 Å². The van der Waals surface area contributed by atoms with Crippen LogP contribution in [0.4, 0.5) is 0 Å². The van der Waals surface area contributed by atoms with Crippen LogP contribution in [0.5, 0.6) is 0 Å². The Bertz CT molecular complexity index is 310. The summed E-state index contributed by atoms with van der Waals surface area (Å²) in [6.45, 7) is 2.90. The van der Waals surface area contributed by atoms with Crippen molar-refractivity contribution in [2.75, 3.05) is 19.6 Å². The highest BCUT2D eigenvalue weighted by Gasteiger charge is 2.40. The summed E-state index contributed by atoms with van der Waals surface area (Å²) in [6, 6.07) is 0. The highest BCUT2D eigenvalue weighted by atomic mass is 16.5. The maximum Gasteiger partial charge on any atom is 0.191 e. The van der Waals surface area contributed by atoms with Gasteiger partial charge in [-0.3, -0.25) is 4.99 Å². The number of hydrogen-bond donors (Lipinski definition) is 2. The van der Waals surface area contributed by atoms with Gasteiger partial charge < -0.3 is 15.4 Å². The second-order valence-corrected chi connectivity index (χ2v) is 5.91. The van der Waals surface area contributed by atoms with Crippen LogP contribution in [0.2, 0.25) is 0 Å². The van der Waals surface area contributed by atoms with Crippen LogP contribution in [0, 0.1) is 0 Å². The van der Waals surface area contributed by atoms with Gasteiger partial charge in [0.25, 0.3) is 0 Å². The van der Waals surface area contributed by atoms with Gasteiger partial charge in [-0.25, -0.2) is 0 Å². The Kier molecular flexibility index (Phi) is 3.73. The Morgan fingerprint density at radius 3 is 2.89 bits per heavy atom. The van der Waals surface area contributed by atoms with Crippen LogP contribution in [-0.4, -0.2) is 37.3 Å². The third-order valence-corrected chi connectivity index (χ3v) is 4.50. The molecule has 0 amide bonds. The first kappa shape index (κ1) is 12.3. The second-order valence-electron chi connectivity index (χ2n) is 5.91. The van der Waals surface area contributed by atoms with E-state index in [-0.39, 0.29) is 5.60 Å². The van der Waals surface area contributed by atoms with Crippen LogP contribution in [0.1, 0.15) is 51.4 Å². The predicted octanol–water partition coefficient (Wildman–Crippen LogP) is 1.81. The maximum absolute atomic E-state index is 6.34. The predicted molar refractivity (Wildman–Crippen MR) is 72.8 cm³/mol. The number of guanidine groups is 1. The van der Waals surface area contributed by atoms with E-state index in [1.165, 1.54) is 44.9 Å². The molecule has 2 heterocycles. The Morgan fingerprint density at radius 1 is 1.22 bits per heavy atom. The van der Waals surface area contributed by atoms with Crippen LogP contribution in [0.25, 0.3) is 0 Å². The number of hydrogen-bond acceptors (Lipinski definition) is 4. The van der Waals surface area contributed by atoms with Crippen molar-refractivity contribution in [3.05, 3.63) is 0 Å². The van der Waals surface area contributed by atoms with E-state index >= 15 is 0 Å². The van der Waals surface area contributed by atoms with Crippen LogP contribution in [0.3, 0.4) is 0 Å². The van der Waals surface area contributed by atoms with Crippen LogP contribution in [0.15, 0.2) is 4.99 Å². The summed E-state index contributed by atoms with van der Waals surface area (Å²) < 4.78 is 6.34. The molecule has 1 saturated carbocycles. The van der Waals surface area contributed by atoms with Gasteiger partial charge in [0.15, 0.2) is 5.96 Å². The summed E-state index contributed by atoms with van der Waals surface area (Å²) in [7, 11) is 0. The van der Waals surface area contributed by atoms with Gasteiger partial charge in [-0.15, -0.1) is 0 Å². The molecule has 1 spiro atoms. The molecule has 2 fully saturated rings. The van der Waals surface area contributed by atoms with E-state index in [1.54, 1.807) is 0 Å². The Labute approximate surface area is 110 Å². The zero-order chi connectivity index (χ0) is 12.3. The monoisotopic (exact) mass is 251 g/mol. The molecule has 3 aliphatic rings. The largest absolute Gasteiger partial charge is 0.370 e. The fourth-order valence-electron chi connectivity index (χ4n) is 3.46. The van der Waals surface area contributed by atoms with Gasteiger partial charge in [0.1, 0.15) is 0 Å².